The first-order valence-electron chi connectivity index (χ1n) is 18.3. The maximum atomic E-state index is 4.32. The quantitative estimate of drug-likeness (QED) is 0.0975. The van der Waals surface area contributed by atoms with Crippen LogP contribution in [0.5, 0.6) is 0 Å². The van der Waals surface area contributed by atoms with Crippen molar-refractivity contribution >= 4 is 0 Å². The van der Waals surface area contributed by atoms with E-state index in [4.69, 9.17) is 0 Å². The van der Waals surface area contributed by atoms with Gasteiger partial charge in [-0.05, 0) is 25.7 Å². The van der Waals surface area contributed by atoms with Crippen LogP contribution in [-0.2, 0) is 0 Å². The molecule has 4 unspecified atom stereocenters. The van der Waals surface area contributed by atoms with Crippen molar-refractivity contribution < 1.29 is 0 Å². The zero-order valence-corrected chi connectivity index (χ0v) is 27.1. The second-order valence-corrected chi connectivity index (χ2v) is 13.0. The van der Waals surface area contributed by atoms with Crippen LogP contribution < -0.4 is 10.6 Å². The predicted octanol–water partition coefficient (Wildman–Crippen LogP) is 11.7. The fraction of sp³-hybridized carbons (Fsp3) is 1.00. The minimum absolute atomic E-state index is 0.697. The summed E-state index contributed by atoms with van der Waals surface area (Å²) in [5.41, 5.74) is 0. The third-order valence-electron chi connectivity index (χ3n) is 9.30. The molecule has 0 aromatic heterocycles. The Bertz CT molecular complexity index is 382. The Kier molecular flexibility index (Phi) is 25.6. The SMILES string of the molecule is CCCCCCCCC1NC(CCCCCCCC)C(CCCCCCCC)NC1CCCCCCCC. The van der Waals surface area contributed by atoms with Crippen molar-refractivity contribution in [2.24, 2.45) is 0 Å². The van der Waals surface area contributed by atoms with Gasteiger partial charge in [0.1, 0.15) is 0 Å². The minimum atomic E-state index is 0.697. The van der Waals surface area contributed by atoms with Gasteiger partial charge >= 0.3 is 0 Å². The molecule has 2 N–H and O–H groups in total. The van der Waals surface area contributed by atoms with E-state index in [1.807, 2.05) is 0 Å². The molecule has 1 aliphatic heterocycles. The molecule has 0 amide bonds. The lowest BCUT2D eigenvalue weighted by Crippen LogP contribution is -2.65. The van der Waals surface area contributed by atoms with Gasteiger partial charge in [0.2, 0.25) is 0 Å². The van der Waals surface area contributed by atoms with Gasteiger partial charge in [-0.25, -0.2) is 0 Å². The highest BCUT2D eigenvalue weighted by Gasteiger charge is 2.34. The molecule has 0 aromatic carbocycles. The highest BCUT2D eigenvalue weighted by molar-refractivity contribution is 4.97. The van der Waals surface area contributed by atoms with Gasteiger partial charge in [0.25, 0.3) is 0 Å². The summed E-state index contributed by atoms with van der Waals surface area (Å²) in [6, 6.07) is 2.79. The molecule has 0 radical (unpaired) electrons. The van der Waals surface area contributed by atoms with Crippen LogP contribution in [0.3, 0.4) is 0 Å². The average Bonchev–Trinajstić information content (AvgIpc) is 2.93. The van der Waals surface area contributed by atoms with Crippen LogP contribution in [0, 0.1) is 0 Å². The lowest BCUT2D eigenvalue weighted by molar-refractivity contribution is 0.170. The Balaban J connectivity index is 2.65. The standard InChI is InChI=1S/C36H74N2/c1-5-9-13-17-21-25-29-33-34(30-26-22-18-14-10-6-2)38-36(32-28-24-20-16-12-8-4)35(37-33)31-27-23-19-15-11-7-3/h33-38H,5-32H2,1-4H3. The Morgan fingerprint density at radius 3 is 0.658 bits per heavy atom. The van der Waals surface area contributed by atoms with Crippen LogP contribution in [0.1, 0.15) is 207 Å². The lowest BCUT2D eigenvalue weighted by Gasteiger charge is -2.45. The number of unbranched alkanes of at least 4 members (excludes halogenated alkanes) is 20. The highest BCUT2D eigenvalue weighted by atomic mass is 15.1. The van der Waals surface area contributed by atoms with Crippen molar-refractivity contribution in [3.05, 3.63) is 0 Å². The average molecular weight is 535 g/mol. The summed E-state index contributed by atoms with van der Waals surface area (Å²) in [5.74, 6) is 0. The van der Waals surface area contributed by atoms with E-state index in [2.05, 4.69) is 38.3 Å². The maximum Gasteiger partial charge on any atom is 0.0224 e. The first-order chi connectivity index (χ1) is 18.8. The van der Waals surface area contributed by atoms with E-state index in [9.17, 15) is 0 Å². The van der Waals surface area contributed by atoms with Gasteiger partial charge in [-0.3, -0.25) is 0 Å². The normalized spacial score (nSPS) is 21.8. The fourth-order valence-electron chi connectivity index (χ4n) is 6.73. The Morgan fingerprint density at radius 2 is 0.447 bits per heavy atom. The Morgan fingerprint density at radius 1 is 0.263 bits per heavy atom. The van der Waals surface area contributed by atoms with E-state index in [1.165, 1.54) is 180 Å². The summed E-state index contributed by atoms with van der Waals surface area (Å²) < 4.78 is 0. The molecule has 2 heteroatoms. The molecular formula is C36H74N2. The van der Waals surface area contributed by atoms with Gasteiger partial charge in [0.05, 0.1) is 0 Å². The molecule has 1 rings (SSSR count). The number of hydrogen-bond acceptors (Lipinski definition) is 2. The monoisotopic (exact) mass is 535 g/mol. The van der Waals surface area contributed by atoms with Gasteiger partial charge in [-0.1, -0.05) is 182 Å². The highest BCUT2D eigenvalue weighted by Crippen LogP contribution is 2.25. The molecule has 1 aliphatic rings. The topological polar surface area (TPSA) is 24.1 Å². The van der Waals surface area contributed by atoms with Crippen LogP contribution in [-0.4, -0.2) is 24.2 Å². The van der Waals surface area contributed by atoms with E-state index < -0.39 is 0 Å². The first kappa shape index (κ1) is 35.9. The summed E-state index contributed by atoms with van der Waals surface area (Å²) in [6.07, 6.45) is 39.6. The molecule has 0 spiro atoms. The molecular weight excluding hydrogens is 460 g/mol. The summed E-state index contributed by atoms with van der Waals surface area (Å²) in [4.78, 5) is 0. The number of nitrogens with one attached hydrogen (secondary N) is 2. The first-order valence-corrected chi connectivity index (χ1v) is 18.3. The van der Waals surface area contributed by atoms with Crippen LogP contribution in [0.15, 0.2) is 0 Å². The fourth-order valence-corrected chi connectivity index (χ4v) is 6.73. The van der Waals surface area contributed by atoms with E-state index in [1.54, 1.807) is 0 Å². The van der Waals surface area contributed by atoms with Crippen LogP contribution in [0.4, 0.5) is 0 Å². The Hall–Kier alpha value is -0.0800. The number of piperazine rings is 1. The van der Waals surface area contributed by atoms with E-state index in [0.717, 1.165) is 0 Å². The number of hydrogen-bond donors (Lipinski definition) is 2. The van der Waals surface area contributed by atoms with Gasteiger partial charge in [0.15, 0.2) is 0 Å². The molecule has 0 aromatic rings. The molecule has 1 heterocycles. The molecule has 228 valence electrons. The zero-order valence-electron chi connectivity index (χ0n) is 27.1. The minimum Gasteiger partial charge on any atom is -0.308 e. The second-order valence-electron chi connectivity index (χ2n) is 13.0. The molecule has 1 fully saturated rings. The summed E-state index contributed by atoms with van der Waals surface area (Å²) >= 11 is 0. The molecule has 0 aliphatic carbocycles. The zero-order chi connectivity index (χ0) is 27.5. The predicted molar refractivity (Wildman–Crippen MR) is 173 cm³/mol. The smallest absolute Gasteiger partial charge is 0.0224 e. The molecule has 1 saturated heterocycles. The molecule has 4 atom stereocenters. The van der Waals surface area contributed by atoms with Crippen molar-refractivity contribution in [3.63, 3.8) is 0 Å². The maximum absolute atomic E-state index is 4.32. The molecule has 38 heavy (non-hydrogen) atoms. The van der Waals surface area contributed by atoms with Crippen LogP contribution in [0.25, 0.3) is 0 Å². The molecule has 0 bridgehead atoms. The van der Waals surface area contributed by atoms with Crippen molar-refractivity contribution in [1.29, 1.82) is 0 Å². The van der Waals surface area contributed by atoms with E-state index >= 15 is 0 Å². The number of rotatable bonds is 28. The van der Waals surface area contributed by atoms with Gasteiger partial charge in [-0.2, -0.15) is 0 Å². The van der Waals surface area contributed by atoms with Crippen molar-refractivity contribution in [2.45, 2.75) is 232 Å². The third-order valence-corrected chi connectivity index (χ3v) is 9.30. The van der Waals surface area contributed by atoms with Gasteiger partial charge in [-0.15, -0.1) is 0 Å². The summed E-state index contributed by atoms with van der Waals surface area (Å²) in [6.45, 7) is 9.32. The summed E-state index contributed by atoms with van der Waals surface area (Å²) in [7, 11) is 0. The van der Waals surface area contributed by atoms with E-state index in [-0.39, 0.29) is 0 Å². The summed E-state index contributed by atoms with van der Waals surface area (Å²) in [5, 5.41) is 8.64. The molecule has 0 saturated carbocycles. The largest absolute Gasteiger partial charge is 0.308 e. The van der Waals surface area contributed by atoms with Gasteiger partial charge < -0.3 is 10.6 Å². The van der Waals surface area contributed by atoms with Crippen molar-refractivity contribution in [2.75, 3.05) is 0 Å². The second kappa shape index (κ2) is 27.1. The Labute approximate surface area is 242 Å². The van der Waals surface area contributed by atoms with Crippen molar-refractivity contribution in [3.8, 4) is 0 Å². The van der Waals surface area contributed by atoms with Crippen molar-refractivity contribution in [1.82, 2.24) is 10.6 Å². The lowest BCUT2D eigenvalue weighted by atomic mass is 9.86. The third kappa shape index (κ3) is 19.1. The molecule has 2 nitrogen and oxygen atoms in total. The van der Waals surface area contributed by atoms with E-state index in [0.29, 0.717) is 24.2 Å². The van der Waals surface area contributed by atoms with Gasteiger partial charge in [0, 0.05) is 24.2 Å². The van der Waals surface area contributed by atoms with Crippen LogP contribution >= 0.6 is 0 Å². The van der Waals surface area contributed by atoms with Crippen LogP contribution in [0.2, 0.25) is 0 Å².